The van der Waals surface area contributed by atoms with Crippen LogP contribution < -0.4 is 10.9 Å². The second-order valence-corrected chi connectivity index (χ2v) is 4.05. The molecule has 2 heterocycles. The van der Waals surface area contributed by atoms with Crippen molar-refractivity contribution in [1.29, 1.82) is 0 Å². The van der Waals surface area contributed by atoms with Crippen molar-refractivity contribution in [3.8, 4) is 0 Å². The molecule has 2 aromatic heterocycles. The Labute approximate surface area is 107 Å². The van der Waals surface area contributed by atoms with Crippen molar-refractivity contribution in [3.05, 3.63) is 46.5 Å². The Bertz CT molecular complexity index is 615. The van der Waals surface area contributed by atoms with Crippen LogP contribution in [0.1, 0.15) is 5.69 Å². The van der Waals surface area contributed by atoms with E-state index in [0.29, 0.717) is 11.3 Å². The summed E-state index contributed by atoms with van der Waals surface area (Å²) < 4.78 is 25.5. The van der Waals surface area contributed by atoms with E-state index >= 15 is 0 Å². The van der Waals surface area contributed by atoms with Crippen LogP contribution in [0.15, 0.2) is 35.3 Å². The van der Waals surface area contributed by atoms with Crippen molar-refractivity contribution in [2.24, 2.45) is 0 Å². The average molecular weight is 269 g/mol. The van der Waals surface area contributed by atoms with E-state index < -0.39 is 12.5 Å². The van der Waals surface area contributed by atoms with Gasteiger partial charge >= 0.3 is 0 Å². The summed E-state index contributed by atoms with van der Waals surface area (Å²) in [5, 5.41) is 11.6. The molecule has 0 saturated heterocycles. The molecule has 0 spiro atoms. The number of nitrogens with one attached hydrogen (secondary N) is 1. The van der Waals surface area contributed by atoms with E-state index in [4.69, 9.17) is 5.11 Å². The van der Waals surface area contributed by atoms with Crippen LogP contribution in [-0.2, 0) is 6.54 Å². The van der Waals surface area contributed by atoms with Gasteiger partial charge in [0.1, 0.15) is 11.8 Å². The van der Waals surface area contributed by atoms with Crippen molar-refractivity contribution in [1.82, 2.24) is 14.7 Å². The first-order valence-corrected chi connectivity index (χ1v) is 5.72. The van der Waals surface area contributed by atoms with Gasteiger partial charge in [0.25, 0.3) is 12.0 Å². The quantitative estimate of drug-likeness (QED) is 0.825. The van der Waals surface area contributed by atoms with Crippen LogP contribution in [-0.4, -0.2) is 33.6 Å². The summed E-state index contributed by atoms with van der Waals surface area (Å²) in [7, 11) is 0. The van der Waals surface area contributed by atoms with Crippen molar-refractivity contribution in [2.45, 2.75) is 19.1 Å². The molecule has 1 atom stereocenters. The topological polar surface area (TPSA) is 66.6 Å². The van der Waals surface area contributed by atoms with Gasteiger partial charge < -0.3 is 10.4 Å². The van der Waals surface area contributed by atoms with E-state index in [1.165, 1.54) is 10.5 Å². The summed E-state index contributed by atoms with van der Waals surface area (Å²) in [6.07, 6.45) is -2.91. The van der Waals surface area contributed by atoms with Crippen LogP contribution in [0.25, 0.3) is 5.65 Å². The van der Waals surface area contributed by atoms with Gasteiger partial charge in [0, 0.05) is 25.4 Å². The van der Waals surface area contributed by atoms with E-state index in [-0.39, 0.29) is 18.6 Å². The number of aliphatic hydroxyl groups excluding tert-OH is 1. The molecule has 2 aromatic rings. The zero-order valence-electron chi connectivity index (χ0n) is 9.96. The highest BCUT2D eigenvalue weighted by Crippen LogP contribution is 2.00. The van der Waals surface area contributed by atoms with E-state index in [1.54, 1.807) is 24.4 Å². The third-order valence-electron chi connectivity index (χ3n) is 2.57. The van der Waals surface area contributed by atoms with E-state index in [1.807, 2.05) is 0 Å². The van der Waals surface area contributed by atoms with Crippen molar-refractivity contribution in [2.75, 3.05) is 6.54 Å². The maximum atomic E-state index is 12.1. The normalized spacial score (nSPS) is 13.1. The number of alkyl halides is 2. The SMILES string of the molecule is O=c1cc(CNCC(O)C(F)F)nc2ccccn12. The lowest BCUT2D eigenvalue weighted by Crippen LogP contribution is -2.32. The summed E-state index contributed by atoms with van der Waals surface area (Å²) in [6, 6.07) is 6.47. The number of aromatic nitrogens is 2. The fraction of sp³-hybridized carbons (Fsp3) is 0.333. The van der Waals surface area contributed by atoms with Gasteiger partial charge in [-0.1, -0.05) is 6.07 Å². The molecule has 1 unspecified atom stereocenters. The minimum atomic E-state index is -2.79. The summed E-state index contributed by atoms with van der Waals surface area (Å²) >= 11 is 0. The maximum absolute atomic E-state index is 12.1. The molecule has 0 aliphatic rings. The zero-order chi connectivity index (χ0) is 13.8. The summed E-state index contributed by atoms with van der Waals surface area (Å²) in [5.41, 5.74) is 0.690. The van der Waals surface area contributed by atoms with Crippen LogP contribution in [0.2, 0.25) is 0 Å². The number of nitrogens with zero attached hydrogens (tertiary/aromatic N) is 2. The molecular formula is C12H13F2N3O2. The molecule has 0 radical (unpaired) electrons. The lowest BCUT2D eigenvalue weighted by molar-refractivity contribution is -0.00344. The zero-order valence-corrected chi connectivity index (χ0v) is 9.96. The molecule has 0 amide bonds. The Morgan fingerprint density at radius 3 is 2.95 bits per heavy atom. The van der Waals surface area contributed by atoms with Gasteiger partial charge in [-0.3, -0.25) is 9.20 Å². The number of halogens is 2. The van der Waals surface area contributed by atoms with Crippen LogP contribution >= 0.6 is 0 Å². The standard InChI is InChI=1S/C12H13F2N3O2/c13-12(14)9(18)7-15-6-8-5-11(19)17-4-2-1-3-10(17)16-8/h1-5,9,12,15,18H,6-7H2. The molecule has 0 aliphatic carbocycles. The first-order chi connectivity index (χ1) is 9.08. The summed E-state index contributed by atoms with van der Waals surface area (Å²) in [6.45, 7) is -0.113. The monoisotopic (exact) mass is 269 g/mol. The van der Waals surface area contributed by atoms with Gasteiger partial charge in [-0.05, 0) is 12.1 Å². The van der Waals surface area contributed by atoms with E-state index in [2.05, 4.69) is 10.3 Å². The van der Waals surface area contributed by atoms with Gasteiger partial charge in [0.15, 0.2) is 0 Å². The van der Waals surface area contributed by atoms with Crippen molar-refractivity contribution < 1.29 is 13.9 Å². The maximum Gasteiger partial charge on any atom is 0.265 e. The van der Waals surface area contributed by atoms with Crippen molar-refractivity contribution in [3.63, 3.8) is 0 Å². The second-order valence-electron chi connectivity index (χ2n) is 4.05. The smallest absolute Gasteiger partial charge is 0.265 e. The van der Waals surface area contributed by atoms with Gasteiger partial charge in [-0.25, -0.2) is 13.8 Å². The Hall–Kier alpha value is -1.86. The Morgan fingerprint density at radius 1 is 1.42 bits per heavy atom. The molecule has 2 rings (SSSR count). The van der Waals surface area contributed by atoms with E-state index in [9.17, 15) is 13.6 Å². The van der Waals surface area contributed by atoms with Crippen LogP contribution in [0.3, 0.4) is 0 Å². The fourth-order valence-electron chi connectivity index (χ4n) is 1.63. The number of fused-ring (bicyclic) bond motifs is 1. The third kappa shape index (κ3) is 3.33. The molecule has 102 valence electrons. The highest BCUT2D eigenvalue weighted by atomic mass is 19.3. The molecule has 0 aromatic carbocycles. The molecule has 0 bridgehead atoms. The molecular weight excluding hydrogens is 256 g/mol. The van der Waals surface area contributed by atoms with Crippen LogP contribution in [0.4, 0.5) is 8.78 Å². The number of hydrogen-bond donors (Lipinski definition) is 2. The molecule has 0 saturated carbocycles. The van der Waals surface area contributed by atoms with Gasteiger partial charge in [-0.15, -0.1) is 0 Å². The lowest BCUT2D eigenvalue weighted by Gasteiger charge is -2.10. The van der Waals surface area contributed by atoms with Gasteiger partial charge in [0.2, 0.25) is 0 Å². The molecule has 2 N–H and O–H groups in total. The van der Waals surface area contributed by atoms with Crippen LogP contribution in [0, 0.1) is 0 Å². The average Bonchev–Trinajstić information content (AvgIpc) is 2.38. The third-order valence-corrected chi connectivity index (χ3v) is 2.57. The molecule has 7 heteroatoms. The summed E-state index contributed by atoms with van der Waals surface area (Å²) in [5.74, 6) is 0. The van der Waals surface area contributed by atoms with Crippen LogP contribution in [0.5, 0.6) is 0 Å². The van der Waals surface area contributed by atoms with Crippen molar-refractivity contribution >= 4 is 5.65 Å². The van der Waals surface area contributed by atoms with Gasteiger partial charge in [0.05, 0.1) is 5.69 Å². The largest absolute Gasteiger partial charge is 0.386 e. The summed E-state index contributed by atoms with van der Waals surface area (Å²) in [4.78, 5) is 15.9. The number of pyridine rings is 1. The molecule has 0 fully saturated rings. The predicted octanol–water partition coefficient (Wildman–Crippen LogP) is 0.410. The highest BCUT2D eigenvalue weighted by Gasteiger charge is 2.15. The fourth-order valence-corrected chi connectivity index (χ4v) is 1.63. The first kappa shape index (κ1) is 13.6. The molecule has 19 heavy (non-hydrogen) atoms. The molecule has 5 nitrogen and oxygen atoms in total. The minimum Gasteiger partial charge on any atom is -0.386 e. The Morgan fingerprint density at radius 2 is 2.21 bits per heavy atom. The lowest BCUT2D eigenvalue weighted by atomic mass is 10.3. The minimum absolute atomic E-state index is 0.143. The number of aliphatic hydroxyl groups is 1. The van der Waals surface area contributed by atoms with Gasteiger partial charge in [-0.2, -0.15) is 0 Å². The molecule has 0 aliphatic heterocycles. The Balaban J connectivity index is 2.08. The number of hydrogen-bond acceptors (Lipinski definition) is 4. The number of rotatable bonds is 5. The Kier molecular flexibility index (Phi) is 4.18. The van der Waals surface area contributed by atoms with E-state index in [0.717, 1.165) is 0 Å². The first-order valence-electron chi connectivity index (χ1n) is 5.72. The predicted molar refractivity (Wildman–Crippen MR) is 65.2 cm³/mol. The second kappa shape index (κ2) is 5.85. The highest BCUT2D eigenvalue weighted by molar-refractivity contribution is 5.37.